The van der Waals surface area contributed by atoms with Crippen molar-refractivity contribution in [1.29, 1.82) is 0 Å². The number of nitrogens with zero attached hydrogens (tertiary/aromatic N) is 2. The molecule has 2 aromatic rings. The summed E-state index contributed by atoms with van der Waals surface area (Å²) in [4.78, 5) is 3.66. The molecule has 1 fully saturated rings. The lowest BCUT2D eigenvalue weighted by Gasteiger charge is -2.51. The lowest BCUT2D eigenvalue weighted by Crippen LogP contribution is -2.57. The van der Waals surface area contributed by atoms with Crippen molar-refractivity contribution >= 4 is 11.3 Å². The highest BCUT2D eigenvalue weighted by Gasteiger charge is 2.39. The quantitative estimate of drug-likeness (QED) is 0.311. The molecule has 0 radical (unpaired) electrons. The lowest BCUT2D eigenvalue weighted by atomic mass is 10.0. The topological polar surface area (TPSA) is 63.6 Å². The number of hydrogen-bond acceptors (Lipinski definition) is 6. The van der Waals surface area contributed by atoms with Crippen LogP contribution in [-0.4, -0.2) is 55.2 Å². The minimum atomic E-state index is -4.49. The Labute approximate surface area is 183 Å². The van der Waals surface area contributed by atoms with E-state index in [2.05, 4.69) is 4.98 Å². The minimum Gasteiger partial charge on any atom is -0.632 e. The zero-order chi connectivity index (χ0) is 22.5. The van der Waals surface area contributed by atoms with Crippen LogP contribution in [-0.2, 0) is 22.1 Å². The summed E-state index contributed by atoms with van der Waals surface area (Å²) in [6.45, 7) is 5.92. The number of halogens is 3. The second-order valence-electron chi connectivity index (χ2n) is 7.54. The number of quaternary nitrogens is 1. The second kappa shape index (κ2) is 10.3. The predicted octanol–water partition coefficient (Wildman–Crippen LogP) is 4.59. The Bertz CT molecular complexity index is 831. The van der Waals surface area contributed by atoms with Gasteiger partial charge in [-0.2, -0.15) is 13.2 Å². The maximum absolute atomic E-state index is 13.5. The maximum atomic E-state index is 13.5. The first-order chi connectivity index (χ1) is 14.7. The molecular formula is C21H27F3N2O4S. The molecule has 1 saturated heterocycles. The van der Waals surface area contributed by atoms with Crippen LogP contribution in [0.2, 0.25) is 0 Å². The van der Waals surface area contributed by atoms with Crippen molar-refractivity contribution in [3.05, 3.63) is 51.1 Å². The minimum absolute atomic E-state index is 0.0425. The maximum Gasteiger partial charge on any atom is 0.443 e. The molecule has 6 nitrogen and oxygen atoms in total. The van der Waals surface area contributed by atoms with E-state index in [-0.39, 0.29) is 31.4 Å². The molecule has 1 aromatic carbocycles. The van der Waals surface area contributed by atoms with Gasteiger partial charge in [0.15, 0.2) is 5.01 Å². The van der Waals surface area contributed by atoms with E-state index in [4.69, 9.17) is 14.2 Å². The van der Waals surface area contributed by atoms with E-state index in [1.807, 2.05) is 38.1 Å². The number of alkyl halides is 3. The van der Waals surface area contributed by atoms with E-state index in [0.29, 0.717) is 37.6 Å². The largest absolute Gasteiger partial charge is 0.632 e. The number of rotatable bonds is 9. The zero-order valence-electron chi connectivity index (χ0n) is 17.6. The first kappa shape index (κ1) is 23.9. The third-order valence-electron chi connectivity index (χ3n) is 5.32. The van der Waals surface area contributed by atoms with Crippen molar-refractivity contribution in [3.63, 3.8) is 0 Å². The normalized spacial score (nSPS) is 23.0. The summed E-state index contributed by atoms with van der Waals surface area (Å²) < 4.78 is 54.4. The Kier molecular flexibility index (Phi) is 7.92. The lowest BCUT2D eigenvalue weighted by molar-refractivity contribution is -0.915. The zero-order valence-corrected chi connectivity index (χ0v) is 18.4. The summed E-state index contributed by atoms with van der Waals surface area (Å²) in [6, 6.07) is 7.29. The summed E-state index contributed by atoms with van der Waals surface area (Å²) in [5.74, 6) is 0.734. The number of hydrogen-bond donors (Lipinski definition) is 0. The van der Waals surface area contributed by atoms with Gasteiger partial charge in [0.05, 0.1) is 24.9 Å². The molecule has 0 aliphatic carbocycles. The van der Waals surface area contributed by atoms with Crippen molar-refractivity contribution in [3.8, 4) is 5.75 Å². The van der Waals surface area contributed by atoms with Gasteiger partial charge in [-0.25, -0.2) is 4.98 Å². The summed E-state index contributed by atoms with van der Waals surface area (Å²) >= 11 is 0.526. The SMILES string of the molecule is CCOCCOc1ccc(CC(C)[N+]2([O-])CCOC(c3csc(C(F)(F)F)n3)C2)cc1. The highest BCUT2D eigenvalue weighted by molar-refractivity contribution is 7.09. The van der Waals surface area contributed by atoms with E-state index in [0.717, 1.165) is 11.3 Å². The fourth-order valence-corrected chi connectivity index (χ4v) is 4.24. The van der Waals surface area contributed by atoms with Gasteiger partial charge in [-0.15, -0.1) is 11.3 Å². The van der Waals surface area contributed by atoms with Gasteiger partial charge >= 0.3 is 6.18 Å². The van der Waals surface area contributed by atoms with E-state index >= 15 is 0 Å². The number of morpholine rings is 1. The molecule has 0 spiro atoms. The molecule has 31 heavy (non-hydrogen) atoms. The summed E-state index contributed by atoms with van der Waals surface area (Å²) in [5.41, 5.74) is 1.17. The highest BCUT2D eigenvalue weighted by Crippen LogP contribution is 2.35. The monoisotopic (exact) mass is 460 g/mol. The molecule has 0 bridgehead atoms. The fourth-order valence-electron chi connectivity index (χ4n) is 3.51. The fraction of sp³-hybridized carbons (Fsp3) is 0.571. The van der Waals surface area contributed by atoms with Crippen LogP contribution in [0, 0.1) is 5.21 Å². The van der Waals surface area contributed by atoms with Gasteiger partial charge in [-0.3, -0.25) is 0 Å². The Morgan fingerprint density at radius 3 is 2.68 bits per heavy atom. The van der Waals surface area contributed by atoms with Crippen molar-refractivity contribution in [2.45, 2.75) is 38.6 Å². The Hall–Kier alpha value is -1.72. The van der Waals surface area contributed by atoms with Gasteiger partial charge in [-0.1, -0.05) is 12.1 Å². The van der Waals surface area contributed by atoms with E-state index in [1.54, 1.807) is 0 Å². The van der Waals surface area contributed by atoms with Gasteiger partial charge in [0.1, 0.15) is 31.5 Å². The Morgan fingerprint density at radius 2 is 2.03 bits per heavy atom. The smallest absolute Gasteiger partial charge is 0.443 e. The molecular weight excluding hydrogens is 433 g/mol. The van der Waals surface area contributed by atoms with Crippen LogP contribution in [0.4, 0.5) is 13.2 Å². The third-order valence-corrected chi connectivity index (χ3v) is 6.22. The first-order valence-corrected chi connectivity index (χ1v) is 11.1. The Balaban J connectivity index is 1.59. The molecule has 172 valence electrons. The third kappa shape index (κ3) is 6.39. The van der Waals surface area contributed by atoms with Crippen LogP contribution in [0.3, 0.4) is 0 Å². The molecule has 0 amide bonds. The number of hydroxylamine groups is 3. The van der Waals surface area contributed by atoms with Gasteiger partial charge in [0.2, 0.25) is 0 Å². The van der Waals surface area contributed by atoms with Gasteiger partial charge in [0, 0.05) is 18.4 Å². The molecule has 0 saturated carbocycles. The van der Waals surface area contributed by atoms with Crippen LogP contribution >= 0.6 is 11.3 Å². The van der Waals surface area contributed by atoms with Crippen LogP contribution in [0.1, 0.15) is 36.2 Å². The second-order valence-corrected chi connectivity index (χ2v) is 8.39. The average molecular weight is 461 g/mol. The standard InChI is InChI=1S/C21H27F3N2O4S/c1-3-28-10-11-29-17-6-4-16(5-7-17)12-15(2)26(27)8-9-30-19(13-26)18-14-31-20(25-18)21(22,23)24/h4-7,14-15,19H,3,8-13H2,1-2H3. The predicted molar refractivity (Wildman–Crippen MR) is 111 cm³/mol. The number of aromatic nitrogens is 1. The molecule has 2 heterocycles. The van der Waals surface area contributed by atoms with Crippen LogP contribution < -0.4 is 4.74 Å². The van der Waals surface area contributed by atoms with Crippen molar-refractivity contribution in [2.24, 2.45) is 0 Å². The molecule has 3 unspecified atom stereocenters. The summed E-state index contributed by atoms with van der Waals surface area (Å²) in [7, 11) is 0. The van der Waals surface area contributed by atoms with Crippen LogP contribution in [0.25, 0.3) is 0 Å². The van der Waals surface area contributed by atoms with Crippen molar-refractivity contribution in [1.82, 2.24) is 4.98 Å². The molecule has 1 aromatic heterocycles. The van der Waals surface area contributed by atoms with E-state index in [9.17, 15) is 18.4 Å². The van der Waals surface area contributed by atoms with Crippen LogP contribution in [0.5, 0.6) is 5.75 Å². The van der Waals surface area contributed by atoms with Gasteiger partial charge in [0.25, 0.3) is 0 Å². The Morgan fingerprint density at radius 1 is 1.29 bits per heavy atom. The number of benzene rings is 1. The molecule has 3 atom stereocenters. The molecule has 0 N–H and O–H groups in total. The van der Waals surface area contributed by atoms with E-state index in [1.165, 1.54) is 5.38 Å². The van der Waals surface area contributed by atoms with Crippen LogP contribution in [0.15, 0.2) is 29.6 Å². The van der Waals surface area contributed by atoms with Crippen molar-refractivity contribution in [2.75, 3.05) is 39.5 Å². The average Bonchev–Trinajstić information content (AvgIpc) is 3.23. The highest BCUT2D eigenvalue weighted by atomic mass is 32.1. The molecule has 1 aliphatic heterocycles. The van der Waals surface area contributed by atoms with Gasteiger partial charge < -0.3 is 24.1 Å². The first-order valence-electron chi connectivity index (χ1n) is 10.2. The number of ether oxygens (including phenoxy) is 3. The molecule has 10 heteroatoms. The van der Waals surface area contributed by atoms with E-state index < -0.39 is 21.9 Å². The number of thiazole rings is 1. The molecule has 3 rings (SSSR count). The molecule has 1 aliphatic rings. The van der Waals surface area contributed by atoms with Gasteiger partial charge in [-0.05, 0) is 31.5 Å². The summed E-state index contributed by atoms with van der Waals surface area (Å²) in [6.07, 6.45) is -4.68. The summed E-state index contributed by atoms with van der Waals surface area (Å²) in [5, 5.41) is 13.9. The van der Waals surface area contributed by atoms with Crippen molar-refractivity contribution < 1.29 is 32.0 Å².